The third-order valence-corrected chi connectivity index (χ3v) is 5.03. The number of H-pyrrole nitrogens is 1. The van der Waals surface area contributed by atoms with Gasteiger partial charge < -0.3 is 9.80 Å². The number of alkyl halides is 3. The van der Waals surface area contributed by atoms with Crippen molar-refractivity contribution in [3.8, 4) is 0 Å². The fraction of sp³-hybridized carbons (Fsp3) is 0.316. The van der Waals surface area contributed by atoms with Gasteiger partial charge in [-0.15, -0.1) is 0 Å². The van der Waals surface area contributed by atoms with Crippen LogP contribution in [0.25, 0.3) is 6.08 Å². The molecule has 1 atom stereocenters. The molecule has 6 nitrogen and oxygen atoms in total. The van der Waals surface area contributed by atoms with Crippen molar-refractivity contribution in [3.05, 3.63) is 59.0 Å². The van der Waals surface area contributed by atoms with Gasteiger partial charge in [0, 0.05) is 26.1 Å². The van der Waals surface area contributed by atoms with Crippen LogP contribution >= 0.6 is 0 Å². The predicted molar refractivity (Wildman–Crippen MR) is 95.7 cm³/mol. The van der Waals surface area contributed by atoms with Crippen molar-refractivity contribution >= 4 is 17.9 Å². The molecule has 3 rings (SSSR count). The van der Waals surface area contributed by atoms with Crippen LogP contribution in [0.2, 0.25) is 0 Å². The van der Waals surface area contributed by atoms with Crippen molar-refractivity contribution in [2.45, 2.75) is 25.1 Å². The summed E-state index contributed by atoms with van der Waals surface area (Å²) in [5.74, 6) is -0.934. The van der Waals surface area contributed by atoms with E-state index in [2.05, 4.69) is 5.10 Å². The molecule has 1 fully saturated rings. The van der Waals surface area contributed by atoms with Crippen LogP contribution in [0.3, 0.4) is 0 Å². The topological polar surface area (TPSA) is 69.3 Å². The molecular formula is C19H19F3N4O2. The van der Waals surface area contributed by atoms with Gasteiger partial charge in [-0.25, -0.2) is 0 Å². The van der Waals surface area contributed by atoms with Crippen LogP contribution in [-0.2, 0) is 22.2 Å². The summed E-state index contributed by atoms with van der Waals surface area (Å²) in [7, 11) is 2.86. The number of amides is 2. The highest BCUT2D eigenvalue weighted by Gasteiger charge is 2.49. The van der Waals surface area contributed by atoms with E-state index in [1.54, 1.807) is 6.92 Å². The molecular weight excluding hydrogens is 373 g/mol. The predicted octanol–water partition coefficient (Wildman–Crippen LogP) is 2.70. The number of aromatic nitrogens is 2. The Bertz CT molecular complexity index is 936. The van der Waals surface area contributed by atoms with Gasteiger partial charge in [-0.3, -0.25) is 14.7 Å². The van der Waals surface area contributed by atoms with Crippen LogP contribution in [0.15, 0.2) is 42.2 Å². The Labute approximate surface area is 159 Å². The normalized spacial score (nSPS) is 22.3. The highest BCUT2D eigenvalue weighted by atomic mass is 19.4. The molecule has 0 bridgehead atoms. The van der Waals surface area contributed by atoms with Crippen molar-refractivity contribution in [2.24, 2.45) is 0 Å². The zero-order chi connectivity index (χ0) is 20.7. The lowest BCUT2D eigenvalue weighted by molar-refractivity contribution is -0.155. The summed E-state index contributed by atoms with van der Waals surface area (Å²) in [4.78, 5) is 28.4. The maximum absolute atomic E-state index is 13.1. The van der Waals surface area contributed by atoms with Crippen LogP contribution in [0, 0.1) is 0 Å². The van der Waals surface area contributed by atoms with E-state index >= 15 is 0 Å². The fourth-order valence-corrected chi connectivity index (χ4v) is 3.28. The van der Waals surface area contributed by atoms with E-state index in [0.29, 0.717) is 0 Å². The van der Waals surface area contributed by atoms with Crippen molar-refractivity contribution in [1.82, 2.24) is 20.0 Å². The fourth-order valence-electron chi connectivity index (χ4n) is 3.28. The van der Waals surface area contributed by atoms with Crippen LogP contribution in [-0.4, -0.2) is 51.4 Å². The van der Waals surface area contributed by atoms with Crippen molar-refractivity contribution < 1.29 is 22.8 Å². The summed E-state index contributed by atoms with van der Waals surface area (Å²) in [5, 5.41) is 5.30. The minimum atomic E-state index is -4.66. The Kier molecular flexibility index (Phi) is 4.78. The molecule has 2 aromatic rings. The van der Waals surface area contributed by atoms with Gasteiger partial charge in [0.05, 0.1) is 6.20 Å². The minimum absolute atomic E-state index is 0.148. The number of piperazine rings is 1. The molecule has 28 heavy (non-hydrogen) atoms. The number of carbonyl (C=O) groups excluding carboxylic acids is 2. The van der Waals surface area contributed by atoms with E-state index in [9.17, 15) is 22.8 Å². The zero-order valence-electron chi connectivity index (χ0n) is 15.5. The van der Waals surface area contributed by atoms with Gasteiger partial charge in [0.2, 0.25) is 0 Å². The average molecular weight is 392 g/mol. The number of halogens is 3. The highest BCUT2D eigenvalue weighted by Crippen LogP contribution is 2.34. The Morgan fingerprint density at radius 1 is 1.18 bits per heavy atom. The SMILES string of the molecule is CN1C(=O)C(C)(Cc2ccccc2)N(C)C(=O)/C1=C/c1cn[nH]c1C(F)(F)F. The first-order chi connectivity index (χ1) is 13.1. The van der Waals surface area contributed by atoms with Gasteiger partial charge in [-0.05, 0) is 18.6 Å². The van der Waals surface area contributed by atoms with Gasteiger partial charge in [-0.1, -0.05) is 30.3 Å². The van der Waals surface area contributed by atoms with Crippen LogP contribution in [0.5, 0.6) is 0 Å². The molecule has 9 heteroatoms. The molecule has 0 saturated carbocycles. The maximum Gasteiger partial charge on any atom is 0.433 e. The van der Waals surface area contributed by atoms with Crippen molar-refractivity contribution in [2.75, 3.05) is 14.1 Å². The summed E-state index contributed by atoms with van der Waals surface area (Å²) in [5.41, 5.74) is -1.82. The number of rotatable bonds is 3. The number of benzene rings is 1. The molecule has 1 unspecified atom stereocenters. The van der Waals surface area contributed by atoms with Gasteiger partial charge in [0.1, 0.15) is 16.9 Å². The number of likely N-dealkylation sites (N-methyl/N-ethyl adjacent to an activating group) is 2. The highest BCUT2D eigenvalue weighted by molar-refractivity contribution is 6.08. The molecule has 0 spiro atoms. The number of nitrogens with zero attached hydrogens (tertiary/aromatic N) is 3. The Morgan fingerprint density at radius 2 is 1.82 bits per heavy atom. The molecule has 1 aliphatic heterocycles. The molecule has 1 aromatic heterocycles. The molecule has 1 N–H and O–H groups in total. The quantitative estimate of drug-likeness (QED) is 0.817. The Hall–Kier alpha value is -3.10. The summed E-state index contributed by atoms with van der Waals surface area (Å²) in [6, 6.07) is 9.22. The summed E-state index contributed by atoms with van der Waals surface area (Å²) >= 11 is 0. The molecule has 1 saturated heterocycles. The number of carbonyl (C=O) groups is 2. The van der Waals surface area contributed by atoms with Crippen molar-refractivity contribution in [3.63, 3.8) is 0 Å². The number of hydrogen-bond donors (Lipinski definition) is 1. The zero-order valence-corrected chi connectivity index (χ0v) is 15.5. The Balaban J connectivity index is 1.98. The molecule has 1 aromatic carbocycles. The second kappa shape index (κ2) is 6.81. The summed E-state index contributed by atoms with van der Waals surface area (Å²) in [6.45, 7) is 1.65. The molecule has 2 heterocycles. The molecule has 1 aliphatic rings. The lowest BCUT2D eigenvalue weighted by Crippen LogP contribution is -2.64. The van der Waals surface area contributed by atoms with E-state index in [0.717, 1.165) is 22.7 Å². The lowest BCUT2D eigenvalue weighted by atomic mass is 9.87. The average Bonchev–Trinajstić information content (AvgIpc) is 3.12. The summed E-state index contributed by atoms with van der Waals surface area (Å²) < 4.78 is 39.2. The molecule has 0 radical (unpaired) electrons. The first-order valence-electron chi connectivity index (χ1n) is 8.48. The maximum atomic E-state index is 13.1. The molecule has 0 aliphatic carbocycles. The van der Waals surface area contributed by atoms with E-state index in [1.807, 2.05) is 35.4 Å². The van der Waals surface area contributed by atoms with E-state index < -0.39 is 23.3 Å². The third-order valence-electron chi connectivity index (χ3n) is 5.03. The first-order valence-corrected chi connectivity index (χ1v) is 8.48. The smallest absolute Gasteiger partial charge is 0.326 e. The first kappa shape index (κ1) is 19.7. The van der Waals surface area contributed by atoms with Crippen LogP contribution < -0.4 is 0 Å². The van der Waals surface area contributed by atoms with Gasteiger partial charge in [0.15, 0.2) is 0 Å². The number of hydrogen-bond acceptors (Lipinski definition) is 3. The monoisotopic (exact) mass is 392 g/mol. The molecule has 148 valence electrons. The van der Waals surface area contributed by atoms with E-state index in [-0.39, 0.29) is 23.6 Å². The third kappa shape index (κ3) is 3.28. The van der Waals surface area contributed by atoms with Gasteiger partial charge in [0.25, 0.3) is 11.8 Å². The minimum Gasteiger partial charge on any atom is -0.326 e. The van der Waals surface area contributed by atoms with Crippen LogP contribution in [0.4, 0.5) is 13.2 Å². The standard InChI is InChI=1S/C19H19F3N4O2/c1-18(10-12-7-5-4-6-8-12)17(28)25(2)14(16(27)26(18)3)9-13-11-23-24-15(13)19(20,21)22/h4-9,11H,10H2,1-3H3,(H,23,24)/b14-9-. The second-order valence-electron chi connectivity index (χ2n) is 6.89. The van der Waals surface area contributed by atoms with Crippen molar-refractivity contribution in [1.29, 1.82) is 0 Å². The van der Waals surface area contributed by atoms with Gasteiger partial charge >= 0.3 is 6.18 Å². The number of aromatic amines is 1. The molecule has 2 amide bonds. The second-order valence-corrected chi connectivity index (χ2v) is 6.89. The largest absolute Gasteiger partial charge is 0.433 e. The van der Waals surface area contributed by atoms with Gasteiger partial charge in [-0.2, -0.15) is 18.3 Å². The lowest BCUT2D eigenvalue weighted by Gasteiger charge is -2.45. The number of nitrogens with one attached hydrogen (secondary N) is 1. The Morgan fingerprint density at radius 3 is 2.43 bits per heavy atom. The van der Waals surface area contributed by atoms with E-state index in [1.165, 1.54) is 19.0 Å². The van der Waals surface area contributed by atoms with E-state index in [4.69, 9.17) is 0 Å². The summed E-state index contributed by atoms with van der Waals surface area (Å²) in [6.07, 6.45) is -2.37. The van der Waals surface area contributed by atoms with Crippen LogP contribution in [0.1, 0.15) is 23.7 Å².